The Morgan fingerprint density at radius 1 is 0.938 bits per heavy atom. The molecule has 0 aliphatic carbocycles. The number of aliphatic hydroxyl groups excluding tert-OH is 1. The lowest BCUT2D eigenvalue weighted by Crippen LogP contribution is -2.09. The molecule has 0 heterocycles. The van der Waals surface area contributed by atoms with Gasteiger partial charge in [0, 0.05) is 19.8 Å². The van der Waals surface area contributed by atoms with E-state index in [1.807, 2.05) is 6.92 Å². The molecule has 0 radical (unpaired) electrons. The molecule has 1 atom stereocenters. The highest BCUT2D eigenvalue weighted by Crippen LogP contribution is 1.91. The standard InChI is InChI=1S/C8H18O.C5H12O2/c1-3-5-7-9-8-6-4-2;1-3-7-4-5(2)6/h3-8H2,1-2H3;5-6H,3-4H2,1-2H3. The average molecular weight is 234 g/mol. The van der Waals surface area contributed by atoms with Crippen molar-refractivity contribution < 1.29 is 14.6 Å². The minimum absolute atomic E-state index is 0.319. The van der Waals surface area contributed by atoms with Crippen molar-refractivity contribution in [1.82, 2.24) is 0 Å². The largest absolute Gasteiger partial charge is 0.391 e. The molecule has 0 rings (SSSR count). The van der Waals surface area contributed by atoms with Gasteiger partial charge in [-0.05, 0) is 26.7 Å². The van der Waals surface area contributed by atoms with Crippen LogP contribution in [0.4, 0.5) is 0 Å². The Bertz CT molecular complexity index is 99.4. The first kappa shape index (κ1) is 18.3. The Morgan fingerprint density at radius 2 is 1.44 bits per heavy atom. The number of aliphatic hydroxyl groups is 1. The quantitative estimate of drug-likeness (QED) is 0.623. The molecule has 1 N–H and O–H groups in total. The van der Waals surface area contributed by atoms with E-state index in [4.69, 9.17) is 14.6 Å². The summed E-state index contributed by atoms with van der Waals surface area (Å²) in [5.41, 5.74) is 0. The summed E-state index contributed by atoms with van der Waals surface area (Å²) in [6, 6.07) is 0. The third-order valence-corrected chi connectivity index (χ3v) is 1.85. The molecule has 0 fully saturated rings. The first-order chi connectivity index (χ1) is 7.68. The van der Waals surface area contributed by atoms with Crippen LogP contribution in [0.15, 0.2) is 0 Å². The molecule has 0 aliphatic rings. The molecule has 0 aliphatic heterocycles. The summed E-state index contributed by atoms with van der Waals surface area (Å²) in [5.74, 6) is 0. The Labute approximate surface area is 101 Å². The first-order valence-electron chi connectivity index (χ1n) is 6.52. The molecule has 0 saturated heterocycles. The average Bonchev–Trinajstić information content (AvgIpc) is 2.27. The van der Waals surface area contributed by atoms with Gasteiger partial charge in [0.15, 0.2) is 0 Å². The summed E-state index contributed by atoms with van der Waals surface area (Å²) in [5, 5.41) is 8.56. The monoisotopic (exact) mass is 234 g/mol. The molecule has 0 aromatic heterocycles. The molecule has 0 aromatic rings. The SMILES string of the molecule is CCCCOCCCC.CCOCC(C)O. The van der Waals surface area contributed by atoms with Crippen LogP contribution >= 0.6 is 0 Å². The zero-order chi connectivity index (χ0) is 12.6. The van der Waals surface area contributed by atoms with Gasteiger partial charge in [-0.3, -0.25) is 0 Å². The fraction of sp³-hybridized carbons (Fsp3) is 1.00. The van der Waals surface area contributed by atoms with Gasteiger partial charge in [0.2, 0.25) is 0 Å². The third kappa shape index (κ3) is 23.6. The van der Waals surface area contributed by atoms with E-state index in [2.05, 4.69) is 13.8 Å². The summed E-state index contributed by atoms with van der Waals surface area (Å²) in [7, 11) is 0. The van der Waals surface area contributed by atoms with E-state index in [9.17, 15) is 0 Å². The van der Waals surface area contributed by atoms with Crippen LogP contribution in [0.25, 0.3) is 0 Å². The van der Waals surface area contributed by atoms with Gasteiger partial charge in [0.05, 0.1) is 12.7 Å². The lowest BCUT2D eigenvalue weighted by atomic mass is 10.3. The zero-order valence-electron chi connectivity index (χ0n) is 11.5. The third-order valence-electron chi connectivity index (χ3n) is 1.85. The van der Waals surface area contributed by atoms with Crippen molar-refractivity contribution >= 4 is 0 Å². The highest BCUT2D eigenvalue weighted by Gasteiger charge is 1.90. The molecule has 0 amide bonds. The lowest BCUT2D eigenvalue weighted by molar-refractivity contribution is 0.0527. The minimum Gasteiger partial charge on any atom is -0.391 e. The molecule has 0 aromatic carbocycles. The van der Waals surface area contributed by atoms with Crippen molar-refractivity contribution in [2.45, 2.75) is 59.5 Å². The van der Waals surface area contributed by atoms with Gasteiger partial charge in [-0.1, -0.05) is 26.7 Å². The van der Waals surface area contributed by atoms with Crippen molar-refractivity contribution in [3.63, 3.8) is 0 Å². The Kier molecular flexibility index (Phi) is 19.7. The second-order valence-corrected chi connectivity index (χ2v) is 3.83. The zero-order valence-corrected chi connectivity index (χ0v) is 11.5. The number of ether oxygens (including phenoxy) is 2. The minimum atomic E-state index is -0.319. The van der Waals surface area contributed by atoms with Crippen LogP contribution in [-0.2, 0) is 9.47 Å². The maximum Gasteiger partial charge on any atom is 0.0745 e. The number of hydrogen-bond donors (Lipinski definition) is 1. The number of rotatable bonds is 9. The van der Waals surface area contributed by atoms with E-state index in [1.165, 1.54) is 25.7 Å². The van der Waals surface area contributed by atoms with Crippen LogP contribution in [0.2, 0.25) is 0 Å². The summed E-state index contributed by atoms with van der Waals surface area (Å²) < 4.78 is 10.2. The Hall–Kier alpha value is -0.120. The number of hydrogen-bond acceptors (Lipinski definition) is 3. The predicted molar refractivity (Wildman–Crippen MR) is 68.8 cm³/mol. The van der Waals surface area contributed by atoms with Gasteiger partial charge in [0.1, 0.15) is 0 Å². The van der Waals surface area contributed by atoms with Gasteiger partial charge in [0.25, 0.3) is 0 Å². The molecule has 3 nitrogen and oxygen atoms in total. The van der Waals surface area contributed by atoms with E-state index in [0.717, 1.165) is 13.2 Å². The van der Waals surface area contributed by atoms with Crippen molar-refractivity contribution in [2.75, 3.05) is 26.4 Å². The predicted octanol–water partition coefficient (Wildman–Crippen LogP) is 3.01. The summed E-state index contributed by atoms with van der Waals surface area (Å²) in [6.07, 6.45) is 4.59. The highest BCUT2D eigenvalue weighted by atomic mass is 16.5. The molecular formula is C13H30O3. The van der Waals surface area contributed by atoms with Crippen molar-refractivity contribution in [3.05, 3.63) is 0 Å². The van der Waals surface area contributed by atoms with Gasteiger partial charge in [-0.15, -0.1) is 0 Å². The Morgan fingerprint density at radius 3 is 1.69 bits per heavy atom. The molecule has 0 saturated carbocycles. The van der Waals surface area contributed by atoms with Crippen LogP contribution in [0.1, 0.15) is 53.4 Å². The van der Waals surface area contributed by atoms with Gasteiger partial charge < -0.3 is 14.6 Å². The van der Waals surface area contributed by atoms with Crippen molar-refractivity contribution in [3.8, 4) is 0 Å². The Balaban J connectivity index is 0. The topological polar surface area (TPSA) is 38.7 Å². The number of unbranched alkanes of at least 4 members (excludes halogenated alkanes) is 2. The van der Waals surface area contributed by atoms with Crippen LogP contribution in [-0.4, -0.2) is 37.6 Å². The smallest absolute Gasteiger partial charge is 0.0745 e. The van der Waals surface area contributed by atoms with E-state index in [1.54, 1.807) is 6.92 Å². The van der Waals surface area contributed by atoms with Gasteiger partial charge in [-0.2, -0.15) is 0 Å². The van der Waals surface area contributed by atoms with E-state index >= 15 is 0 Å². The highest BCUT2D eigenvalue weighted by molar-refractivity contribution is 4.38. The first-order valence-corrected chi connectivity index (χ1v) is 6.52. The molecule has 0 bridgehead atoms. The van der Waals surface area contributed by atoms with Gasteiger partial charge in [-0.25, -0.2) is 0 Å². The molecule has 0 spiro atoms. The second-order valence-electron chi connectivity index (χ2n) is 3.83. The molecular weight excluding hydrogens is 204 g/mol. The lowest BCUT2D eigenvalue weighted by Gasteiger charge is -2.00. The fourth-order valence-electron chi connectivity index (χ4n) is 0.883. The van der Waals surface area contributed by atoms with Crippen LogP contribution < -0.4 is 0 Å². The van der Waals surface area contributed by atoms with Gasteiger partial charge >= 0.3 is 0 Å². The van der Waals surface area contributed by atoms with Crippen LogP contribution in [0, 0.1) is 0 Å². The second kappa shape index (κ2) is 17.3. The summed E-state index contributed by atoms with van der Waals surface area (Å²) >= 11 is 0. The fourth-order valence-corrected chi connectivity index (χ4v) is 0.883. The molecule has 1 unspecified atom stereocenters. The molecule has 3 heteroatoms. The van der Waals surface area contributed by atoms with Crippen molar-refractivity contribution in [1.29, 1.82) is 0 Å². The normalized spacial score (nSPS) is 11.8. The molecule has 16 heavy (non-hydrogen) atoms. The summed E-state index contributed by atoms with van der Waals surface area (Å²) in [6.45, 7) is 11.0. The maximum atomic E-state index is 8.56. The van der Waals surface area contributed by atoms with E-state index in [0.29, 0.717) is 13.2 Å². The summed E-state index contributed by atoms with van der Waals surface area (Å²) in [4.78, 5) is 0. The maximum absolute atomic E-state index is 8.56. The molecule has 100 valence electrons. The van der Waals surface area contributed by atoms with Crippen LogP contribution in [0.3, 0.4) is 0 Å². The van der Waals surface area contributed by atoms with Crippen molar-refractivity contribution in [2.24, 2.45) is 0 Å². The van der Waals surface area contributed by atoms with E-state index in [-0.39, 0.29) is 6.10 Å². The van der Waals surface area contributed by atoms with Crippen LogP contribution in [0.5, 0.6) is 0 Å². The van der Waals surface area contributed by atoms with E-state index < -0.39 is 0 Å².